The molecule has 0 saturated carbocycles. The molecule has 0 saturated heterocycles. The van der Waals surface area contributed by atoms with Gasteiger partial charge < -0.3 is 4.74 Å². The molecule has 0 radical (unpaired) electrons. The Balaban J connectivity index is 4.45. The minimum atomic E-state index is -5.26. The van der Waals surface area contributed by atoms with Crippen molar-refractivity contribution < 1.29 is 39.9 Å². The predicted octanol–water partition coefficient (Wildman–Crippen LogP) is 3.58. The molecular formula is C8H10F8O. The van der Waals surface area contributed by atoms with Gasteiger partial charge >= 0.3 is 12.4 Å². The van der Waals surface area contributed by atoms with E-state index in [2.05, 4.69) is 4.74 Å². The summed E-state index contributed by atoms with van der Waals surface area (Å²) in [7, 11) is 0. The van der Waals surface area contributed by atoms with Gasteiger partial charge in [0.25, 0.3) is 0 Å². The zero-order valence-electron chi connectivity index (χ0n) is 8.74. The molecule has 0 amide bonds. The van der Waals surface area contributed by atoms with Crippen LogP contribution in [0.5, 0.6) is 0 Å². The summed E-state index contributed by atoms with van der Waals surface area (Å²) in [6.45, 7) is 1.16. The maximum atomic E-state index is 12.6. The van der Waals surface area contributed by atoms with Crippen LogP contribution in [0.4, 0.5) is 35.1 Å². The van der Waals surface area contributed by atoms with Crippen LogP contribution >= 0.6 is 0 Å². The quantitative estimate of drug-likeness (QED) is 0.712. The molecule has 0 heterocycles. The molecule has 0 aromatic carbocycles. The Hall–Kier alpha value is -0.600. The fraction of sp³-hybridized carbons (Fsp3) is 1.00. The summed E-state index contributed by atoms with van der Waals surface area (Å²) >= 11 is 0. The van der Waals surface area contributed by atoms with Gasteiger partial charge in [-0.2, -0.15) is 26.3 Å². The highest BCUT2D eigenvalue weighted by Gasteiger charge is 2.48. The summed E-state index contributed by atoms with van der Waals surface area (Å²) in [5.41, 5.74) is 0. The van der Waals surface area contributed by atoms with Gasteiger partial charge in [0.05, 0.1) is 12.2 Å². The number of ether oxygens (including phenoxy) is 1. The van der Waals surface area contributed by atoms with Gasteiger partial charge in [0, 0.05) is 0 Å². The summed E-state index contributed by atoms with van der Waals surface area (Å²) in [5, 5.41) is 0. The first-order valence-electron chi connectivity index (χ1n) is 4.44. The molecule has 1 nitrogen and oxygen atoms in total. The van der Waals surface area contributed by atoms with Crippen LogP contribution in [-0.2, 0) is 4.74 Å². The van der Waals surface area contributed by atoms with Crippen molar-refractivity contribution in [2.45, 2.75) is 50.8 Å². The first-order chi connectivity index (χ1) is 7.37. The van der Waals surface area contributed by atoms with E-state index < -0.39 is 36.9 Å². The van der Waals surface area contributed by atoms with Crippen LogP contribution in [0.2, 0.25) is 0 Å². The van der Waals surface area contributed by atoms with Gasteiger partial charge in [-0.15, -0.1) is 0 Å². The molecule has 0 N–H and O–H groups in total. The van der Waals surface area contributed by atoms with Crippen LogP contribution in [0.15, 0.2) is 0 Å². The van der Waals surface area contributed by atoms with E-state index in [1.165, 1.54) is 0 Å². The molecule has 0 spiro atoms. The SMILES string of the molecule is CC(OC(C)C(F)C(F)(F)F)C(F)C(F)(F)F. The van der Waals surface area contributed by atoms with Crippen molar-refractivity contribution >= 4 is 0 Å². The monoisotopic (exact) mass is 274 g/mol. The number of rotatable bonds is 4. The fourth-order valence-corrected chi connectivity index (χ4v) is 1.01. The number of halogens is 8. The topological polar surface area (TPSA) is 9.23 Å². The highest BCUT2D eigenvalue weighted by Crippen LogP contribution is 2.30. The lowest BCUT2D eigenvalue weighted by atomic mass is 10.2. The summed E-state index contributed by atoms with van der Waals surface area (Å²) in [5.74, 6) is 0. The molecule has 0 rings (SSSR count). The van der Waals surface area contributed by atoms with Crippen molar-refractivity contribution in [1.82, 2.24) is 0 Å². The summed E-state index contributed by atoms with van der Waals surface area (Å²) < 4.78 is 100. The third kappa shape index (κ3) is 5.05. The van der Waals surface area contributed by atoms with Crippen molar-refractivity contribution in [1.29, 1.82) is 0 Å². The summed E-state index contributed by atoms with van der Waals surface area (Å²) in [6.07, 6.45) is -21.9. The molecule has 104 valence electrons. The zero-order chi connectivity index (χ0) is 14.0. The average molecular weight is 274 g/mol. The number of alkyl halides is 8. The second-order valence-corrected chi connectivity index (χ2v) is 3.43. The molecule has 0 aromatic heterocycles. The van der Waals surface area contributed by atoms with Gasteiger partial charge in [-0.25, -0.2) is 8.78 Å². The minimum Gasteiger partial charge on any atom is -0.369 e. The van der Waals surface area contributed by atoms with Gasteiger partial charge in [-0.3, -0.25) is 0 Å². The Morgan fingerprint density at radius 1 is 0.706 bits per heavy atom. The molecule has 0 aromatic rings. The standard InChI is InChI=1S/C8H10F8O/c1-3(5(9)7(11,12)13)17-4(2)6(10)8(14,15)16/h3-6H,1-2H3. The molecule has 0 aliphatic rings. The lowest BCUT2D eigenvalue weighted by molar-refractivity contribution is -0.241. The Kier molecular flexibility index (Phi) is 5.17. The predicted molar refractivity (Wildman–Crippen MR) is 41.9 cm³/mol. The van der Waals surface area contributed by atoms with Crippen molar-refractivity contribution in [3.63, 3.8) is 0 Å². The molecule has 9 heteroatoms. The van der Waals surface area contributed by atoms with Gasteiger partial charge in [-0.1, -0.05) is 0 Å². The highest BCUT2D eigenvalue weighted by molar-refractivity contribution is 4.78. The van der Waals surface area contributed by atoms with E-state index in [0.717, 1.165) is 0 Å². The van der Waals surface area contributed by atoms with Crippen LogP contribution in [0.1, 0.15) is 13.8 Å². The van der Waals surface area contributed by atoms with Crippen molar-refractivity contribution in [2.75, 3.05) is 0 Å². The zero-order valence-corrected chi connectivity index (χ0v) is 8.74. The molecular weight excluding hydrogens is 264 g/mol. The minimum absolute atomic E-state index is 0.581. The van der Waals surface area contributed by atoms with Crippen molar-refractivity contribution in [3.8, 4) is 0 Å². The van der Waals surface area contributed by atoms with Gasteiger partial charge in [0.2, 0.25) is 12.3 Å². The lowest BCUT2D eigenvalue weighted by Gasteiger charge is -2.26. The Morgan fingerprint density at radius 2 is 0.941 bits per heavy atom. The Morgan fingerprint density at radius 3 is 1.12 bits per heavy atom. The average Bonchev–Trinajstić information content (AvgIpc) is 2.12. The van der Waals surface area contributed by atoms with E-state index in [1.54, 1.807) is 0 Å². The van der Waals surface area contributed by atoms with Crippen LogP contribution in [0.25, 0.3) is 0 Å². The molecule has 0 bridgehead atoms. The van der Waals surface area contributed by atoms with Crippen molar-refractivity contribution in [3.05, 3.63) is 0 Å². The van der Waals surface area contributed by atoms with Crippen LogP contribution in [-0.4, -0.2) is 36.9 Å². The van der Waals surface area contributed by atoms with Crippen LogP contribution in [0.3, 0.4) is 0 Å². The van der Waals surface area contributed by atoms with E-state index in [4.69, 9.17) is 0 Å². The smallest absolute Gasteiger partial charge is 0.369 e. The Bertz CT molecular complexity index is 211. The fourth-order valence-electron chi connectivity index (χ4n) is 1.01. The molecule has 0 aliphatic heterocycles. The van der Waals surface area contributed by atoms with E-state index in [9.17, 15) is 35.1 Å². The molecule has 0 aliphatic carbocycles. The molecule has 0 fully saturated rings. The van der Waals surface area contributed by atoms with E-state index in [0.29, 0.717) is 13.8 Å². The molecule has 4 unspecified atom stereocenters. The van der Waals surface area contributed by atoms with E-state index in [1.807, 2.05) is 0 Å². The lowest BCUT2D eigenvalue weighted by Crippen LogP contribution is -2.43. The van der Waals surface area contributed by atoms with Crippen LogP contribution in [0, 0.1) is 0 Å². The molecule has 17 heavy (non-hydrogen) atoms. The van der Waals surface area contributed by atoms with Gasteiger partial charge in [0.1, 0.15) is 0 Å². The maximum absolute atomic E-state index is 12.6. The van der Waals surface area contributed by atoms with Crippen LogP contribution < -0.4 is 0 Å². The van der Waals surface area contributed by atoms with Gasteiger partial charge in [0.15, 0.2) is 0 Å². The van der Waals surface area contributed by atoms with E-state index in [-0.39, 0.29) is 0 Å². The largest absolute Gasteiger partial charge is 0.422 e. The van der Waals surface area contributed by atoms with Crippen molar-refractivity contribution in [2.24, 2.45) is 0 Å². The van der Waals surface area contributed by atoms with Gasteiger partial charge in [-0.05, 0) is 13.8 Å². The first kappa shape index (κ1) is 16.4. The summed E-state index contributed by atoms with van der Waals surface area (Å²) in [6, 6.07) is 0. The number of hydrogen-bond donors (Lipinski definition) is 0. The first-order valence-corrected chi connectivity index (χ1v) is 4.44. The second-order valence-electron chi connectivity index (χ2n) is 3.43. The second kappa shape index (κ2) is 5.36. The normalized spacial score (nSPS) is 20.8. The number of hydrogen-bond acceptors (Lipinski definition) is 1. The summed E-state index contributed by atoms with van der Waals surface area (Å²) in [4.78, 5) is 0. The molecule has 4 atom stereocenters. The third-order valence-electron chi connectivity index (χ3n) is 1.88. The van der Waals surface area contributed by atoms with E-state index >= 15 is 0 Å². The highest BCUT2D eigenvalue weighted by atomic mass is 19.4. The maximum Gasteiger partial charge on any atom is 0.422 e. The Labute approximate surface area is 91.7 Å². The third-order valence-corrected chi connectivity index (χ3v) is 1.88.